The number of benzene rings is 2. The molecule has 3 heterocycles. The molecule has 0 aromatic heterocycles. The van der Waals surface area contributed by atoms with Crippen LogP contribution in [0.5, 0.6) is 0 Å². The largest absolute Gasteiger partial charge is 0.478 e. The van der Waals surface area contributed by atoms with Gasteiger partial charge in [0.15, 0.2) is 0 Å². The molecule has 7 heteroatoms. The lowest BCUT2D eigenvalue weighted by Gasteiger charge is -2.52. The minimum absolute atomic E-state index is 0.0642. The third-order valence-corrected chi connectivity index (χ3v) is 10.4. The minimum Gasteiger partial charge on any atom is -0.478 e. The van der Waals surface area contributed by atoms with Crippen LogP contribution in [0.25, 0.3) is 5.57 Å². The van der Waals surface area contributed by atoms with Gasteiger partial charge < -0.3 is 19.6 Å². The number of nitrogens with zero attached hydrogens (tertiary/aromatic N) is 2. The van der Waals surface area contributed by atoms with Crippen LogP contribution in [0.4, 0.5) is 0 Å². The van der Waals surface area contributed by atoms with Gasteiger partial charge in [-0.15, -0.1) is 0 Å². The van der Waals surface area contributed by atoms with Crippen molar-refractivity contribution in [3.63, 3.8) is 0 Å². The van der Waals surface area contributed by atoms with E-state index in [2.05, 4.69) is 45.1 Å². The van der Waals surface area contributed by atoms with Crippen LogP contribution in [0.3, 0.4) is 0 Å². The highest BCUT2D eigenvalue weighted by Gasteiger charge is 2.51. The molecule has 7 nitrogen and oxygen atoms in total. The number of fused-ring (bicyclic) bond motifs is 1. The SMILES string of the molecule is CC1(C)C(c2ccc(C(=O)O)cc2)=CC[C@]2(C)CN(C(=O)C3(c4ccccc4)CCN(C(=O)[C@H]4CCCO4)CC3)CC=C12. The van der Waals surface area contributed by atoms with Crippen LogP contribution >= 0.6 is 0 Å². The number of ether oxygens (including phenoxy) is 1. The first-order valence-corrected chi connectivity index (χ1v) is 15.6. The summed E-state index contributed by atoms with van der Waals surface area (Å²) in [4.78, 5) is 43.1. The Morgan fingerprint density at radius 3 is 2.23 bits per heavy atom. The lowest BCUT2D eigenvalue weighted by atomic mass is 9.58. The number of carboxylic acids is 1. The highest BCUT2D eigenvalue weighted by molar-refractivity contribution is 5.90. The van der Waals surface area contributed by atoms with Gasteiger partial charge in [0.2, 0.25) is 5.91 Å². The molecule has 0 radical (unpaired) electrons. The lowest BCUT2D eigenvalue weighted by Crippen LogP contribution is -2.58. The first-order valence-electron chi connectivity index (χ1n) is 15.6. The molecule has 2 fully saturated rings. The topological polar surface area (TPSA) is 87.2 Å². The summed E-state index contributed by atoms with van der Waals surface area (Å²) in [6.07, 6.45) is 7.89. The second-order valence-corrected chi connectivity index (χ2v) is 13.5. The molecule has 4 aliphatic rings. The zero-order valence-corrected chi connectivity index (χ0v) is 25.5. The van der Waals surface area contributed by atoms with Crippen molar-refractivity contribution >= 4 is 23.4 Å². The van der Waals surface area contributed by atoms with E-state index in [9.17, 15) is 19.5 Å². The van der Waals surface area contributed by atoms with Gasteiger partial charge in [0, 0.05) is 43.6 Å². The second-order valence-electron chi connectivity index (χ2n) is 13.5. The van der Waals surface area contributed by atoms with Gasteiger partial charge in [-0.25, -0.2) is 4.79 Å². The monoisotopic (exact) mass is 582 g/mol. The lowest BCUT2D eigenvalue weighted by molar-refractivity contribution is -0.148. The molecule has 6 rings (SSSR count). The van der Waals surface area contributed by atoms with E-state index in [4.69, 9.17) is 4.74 Å². The van der Waals surface area contributed by atoms with Gasteiger partial charge in [0.1, 0.15) is 6.10 Å². The molecule has 2 saturated heterocycles. The fourth-order valence-electron chi connectivity index (χ4n) is 8.13. The van der Waals surface area contributed by atoms with Crippen molar-refractivity contribution in [2.45, 2.75) is 64.4 Å². The van der Waals surface area contributed by atoms with E-state index in [1.165, 1.54) is 11.1 Å². The number of carbonyl (C=O) groups excluding carboxylic acids is 2. The number of hydrogen-bond donors (Lipinski definition) is 1. The van der Waals surface area contributed by atoms with Crippen molar-refractivity contribution in [1.29, 1.82) is 0 Å². The van der Waals surface area contributed by atoms with Crippen LogP contribution < -0.4 is 0 Å². The highest BCUT2D eigenvalue weighted by atomic mass is 16.5. The number of hydrogen-bond acceptors (Lipinski definition) is 4. The molecule has 226 valence electrons. The molecular weight excluding hydrogens is 540 g/mol. The molecule has 1 aliphatic carbocycles. The molecule has 43 heavy (non-hydrogen) atoms. The number of carbonyl (C=O) groups is 3. The minimum atomic E-state index is -0.927. The summed E-state index contributed by atoms with van der Waals surface area (Å²) >= 11 is 0. The van der Waals surface area contributed by atoms with E-state index in [0.29, 0.717) is 45.6 Å². The van der Waals surface area contributed by atoms with Crippen LogP contribution in [0, 0.1) is 10.8 Å². The molecule has 0 saturated carbocycles. The number of allylic oxidation sites excluding steroid dienone is 2. The molecule has 3 aliphatic heterocycles. The van der Waals surface area contributed by atoms with Crippen molar-refractivity contribution in [3.8, 4) is 0 Å². The number of rotatable bonds is 5. The standard InChI is InChI=1S/C36H42N2O5/c1-34(2)28(25-11-13-26(14-12-25)32(40)41)15-17-35(3)24-38(20-16-30(34)35)33(42)36(27-8-5-4-6-9-27)18-21-37(22-19-36)31(39)29-10-7-23-43-29/h4-6,8-9,11-16,29H,7,10,17-24H2,1-3H3,(H,40,41)/t29-,35-/m1/s1. The predicted octanol–water partition coefficient (Wildman–Crippen LogP) is 5.71. The fourth-order valence-corrected chi connectivity index (χ4v) is 8.13. The Morgan fingerprint density at radius 2 is 1.60 bits per heavy atom. The molecule has 0 unspecified atom stereocenters. The molecule has 2 amide bonds. The van der Waals surface area contributed by atoms with E-state index < -0.39 is 11.4 Å². The van der Waals surface area contributed by atoms with E-state index in [1.807, 2.05) is 40.1 Å². The third-order valence-electron chi connectivity index (χ3n) is 10.4. The van der Waals surface area contributed by atoms with E-state index in [-0.39, 0.29) is 34.3 Å². The van der Waals surface area contributed by atoms with Crippen LogP contribution in [-0.4, -0.2) is 71.6 Å². The van der Waals surface area contributed by atoms with Crippen molar-refractivity contribution in [2.24, 2.45) is 10.8 Å². The molecule has 0 spiro atoms. The maximum absolute atomic E-state index is 14.7. The van der Waals surface area contributed by atoms with Crippen LogP contribution in [-0.2, 0) is 19.7 Å². The molecule has 1 N–H and O–H groups in total. The van der Waals surface area contributed by atoms with Gasteiger partial charge in [-0.2, -0.15) is 0 Å². The van der Waals surface area contributed by atoms with E-state index in [1.54, 1.807) is 12.1 Å². The smallest absolute Gasteiger partial charge is 0.335 e. The fraction of sp³-hybridized carbons (Fsp3) is 0.472. The van der Waals surface area contributed by atoms with Crippen LogP contribution in [0.1, 0.15) is 74.4 Å². The van der Waals surface area contributed by atoms with E-state index >= 15 is 0 Å². The van der Waals surface area contributed by atoms with Gasteiger partial charge in [0.25, 0.3) is 5.91 Å². The molecule has 2 aromatic carbocycles. The summed E-state index contributed by atoms with van der Waals surface area (Å²) in [6.45, 7) is 9.65. The Bertz CT molecular complexity index is 1460. The summed E-state index contributed by atoms with van der Waals surface area (Å²) in [5, 5.41) is 9.34. The number of carboxylic acid groups (broad SMARTS) is 1. The molecule has 2 atom stereocenters. The zero-order valence-electron chi connectivity index (χ0n) is 25.5. The Labute approximate surface area is 254 Å². The Morgan fingerprint density at radius 1 is 0.907 bits per heavy atom. The van der Waals surface area contributed by atoms with Gasteiger partial charge in [-0.3, -0.25) is 9.59 Å². The van der Waals surface area contributed by atoms with Gasteiger partial charge in [-0.1, -0.05) is 81.0 Å². The zero-order chi connectivity index (χ0) is 30.4. The number of aromatic carboxylic acids is 1. The first-order chi connectivity index (χ1) is 20.5. The summed E-state index contributed by atoms with van der Waals surface area (Å²) in [6, 6.07) is 17.3. The van der Waals surface area contributed by atoms with Crippen LogP contribution in [0.15, 0.2) is 72.3 Å². The summed E-state index contributed by atoms with van der Waals surface area (Å²) in [5.74, 6) is -0.713. The highest BCUT2D eigenvalue weighted by Crippen LogP contribution is 2.55. The van der Waals surface area contributed by atoms with E-state index in [0.717, 1.165) is 30.4 Å². The average molecular weight is 583 g/mol. The first kappa shape index (κ1) is 29.4. The third kappa shape index (κ3) is 5.12. The van der Waals surface area contributed by atoms with Crippen LogP contribution in [0.2, 0.25) is 0 Å². The number of likely N-dealkylation sites (tertiary alicyclic amines) is 1. The summed E-state index contributed by atoms with van der Waals surface area (Å²) < 4.78 is 5.67. The van der Waals surface area contributed by atoms with Gasteiger partial charge in [-0.05, 0) is 60.9 Å². The quantitative estimate of drug-likeness (QED) is 0.457. The van der Waals surface area contributed by atoms with Gasteiger partial charge >= 0.3 is 5.97 Å². The second kappa shape index (κ2) is 11.1. The molecular formula is C36H42N2O5. The average Bonchev–Trinajstić information content (AvgIpc) is 3.56. The predicted molar refractivity (Wildman–Crippen MR) is 165 cm³/mol. The normalized spacial score (nSPS) is 26.3. The summed E-state index contributed by atoms with van der Waals surface area (Å²) in [7, 11) is 0. The van der Waals surface area contributed by atoms with Crippen molar-refractivity contribution < 1.29 is 24.2 Å². The number of amides is 2. The Hall–Kier alpha value is -3.71. The van der Waals surface area contributed by atoms with Crippen molar-refractivity contribution in [1.82, 2.24) is 9.80 Å². The Balaban J connectivity index is 1.25. The van der Waals surface area contributed by atoms with Crippen molar-refractivity contribution in [2.75, 3.05) is 32.8 Å². The summed E-state index contributed by atoms with van der Waals surface area (Å²) in [5.41, 5.74) is 3.71. The maximum Gasteiger partial charge on any atom is 0.335 e. The number of piperidine rings is 1. The molecule has 2 aromatic rings. The Kier molecular flexibility index (Phi) is 7.57. The maximum atomic E-state index is 14.7. The van der Waals surface area contributed by atoms with Gasteiger partial charge in [0.05, 0.1) is 11.0 Å². The van der Waals surface area contributed by atoms with Crippen molar-refractivity contribution in [3.05, 3.63) is 89.0 Å². The molecule has 0 bridgehead atoms.